The highest BCUT2D eigenvalue weighted by Gasteiger charge is 2.33. The van der Waals surface area contributed by atoms with Gasteiger partial charge in [-0.25, -0.2) is 8.42 Å². The van der Waals surface area contributed by atoms with Gasteiger partial charge < -0.3 is 9.64 Å². The summed E-state index contributed by atoms with van der Waals surface area (Å²) in [6.07, 6.45) is 2.96. The summed E-state index contributed by atoms with van der Waals surface area (Å²) in [6, 6.07) is 3.27. The Balaban J connectivity index is 1.66. The maximum absolute atomic E-state index is 12.8. The van der Waals surface area contributed by atoms with Crippen molar-refractivity contribution in [3.8, 4) is 0 Å². The Bertz CT molecular complexity index is 985. The van der Waals surface area contributed by atoms with E-state index in [9.17, 15) is 13.2 Å². The van der Waals surface area contributed by atoms with E-state index in [1.807, 2.05) is 7.05 Å². The Morgan fingerprint density at radius 2 is 1.89 bits per heavy atom. The molecule has 0 saturated carbocycles. The third-order valence-electron chi connectivity index (χ3n) is 5.35. The number of ether oxygens (including phenoxy) is 1. The van der Waals surface area contributed by atoms with Crippen molar-refractivity contribution < 1.29 is 17.9 Å². The predicted molar refractivity (Wildman–Crippen MR) is 101 cm³/mol. The van der Waals surface area contributed by atoms with Gasteiger partial charge in [-0.2, -0.15) is 4.31 Å². The number of carbonyl (C=O) groups is 1. The molecule has 0 spiro atoms. The number of amides is 1. The van der Waals surface area contributed by atoms with Crippen molar-refractivity contribution in [2.45, 2.75) is 6.04 Å². The largest absolute Gasteiger partial charge is 0.378 e. The fraction of sp³-hybridized carbons (Fsp3) is 0.588. The van der Waals surface area contributed by atoms with Crippen LogP contribution in [0.25, 0.3) is 5.65 Å². The van der Waals surface area contributed by atoms with Gasteiger partial charge >= 0.3 is 0 Å². The molecule has 1 atom stereocenters. The molecule has 2 aromatic rings. The minimum atomic E-state index is -3.29. The van der Waals surface area contributed by atoms with Crippen LogP contribution in [0, 0.1) is 0 Å². The molecule has 0 aromatic carbocycles. The lowest BCUT2D eigenvalue weighted by Gasteiger charge is -2.37. The number of nitrogens with zero attached hydrogens (tertiary/aromatic N) is 6. The van der Waals surface area contributed by atoms with Crippen LogP contribution in [-0.2, 0) is 14.8 Å². The Hall–Kier alpha value is -2.08. The molecule has 2 aliphatic rings. The Morgan fingerprint density at radius 1 is 1.14 bits per heavy atom. The van der Waals surface area contributed by atoms with Crippen molar-refractivity contribution >= 4 is 21.6 Å². The molecule has 0 radical (unpaired) electrons. The first-order valence-corrected chi connectivity index (χ1v) is 11.1. The number of pyridine rings is 1. The number of aromatic nitrogens is 3. The van der Waals surface area contributed by atoms with Crippen LogP contribution in [0.5, 0.6) is 0 Å². The van der Waals surface area contributed by atoms with Gasteiger partial charge in [0.25, 0.3) is 5.91 Å². The summed E-state index contributed by atoms with van der Waals surface area (Å²) >= 11 is 0. The zero-order chi connectivity index (χ0) is 19.9. The summed E-state index contributed by atoms with van der Waals surface area (Å²) in [4.78, 5) is 16.7. The van der Waals surface area contributed by atoms with E-state index in [0.29, 0.717) is 63.0 Å². The van der Waals surface area contributed by atoms with E-state index in [-0.39, 0.29) is 11.9 Å². The molecule has 1 unspecified atom stereocenters. The van der Waals surface area contributed by atoms with Crippen molar-refractivity contribution in [3.63, 3.8) is 0 Å². The van der Waals surface area contributed by atoms with E-state index in [1.54, 1.807) is 27.6 Å². The first-order chi connectivity index (χ1) is 13.3. The zero-order valence-corrected chi connectivity index (χ0v) is 16.8. The van der Waals surface area contributed by atoms with Gasteiger partial charge in [0.15, 0.2) is 11.5 Å². The van der Waals surface area contributed by atoms with E-state index >= 15 is 0 Å². The SMILES string of the molecule is CN1CCN(S(C)(=O)=O)CC1c1nnc2ccc(C(=O)N3CCOCC3)cn12. The van der Waals surface area contributed by atoms with Crippen molar-refractivity contribution in [1.29, 1.82) is 0 Å². The van der Waals surface area contributed by atoms with E-state index in [1.165, 1.54) is 10.6 Å². The maximum Gasteiger partial charge on any atom is 0.255 e. The highest BCUT2D eigenvalue weighted by atomic mass is 32.2. The van der Waals surface area contributed by atoms with Gasteiger partial charge in [-0.05, 0) is 19.2 Å². The van der Waals surface area contributed by atoms with E-state index < -0.39 is 10.0 Å². The molecule has 10 nitrogen and oxygen atoms in total. The number of carbonyl (C=O) groups excluding carboxylic acids is 1. The van der Waals surface area contributed by atoms with Crippen LogP contribution in [0.4, 0.5) is 0 Å². The van der Waals surface area contributed by atoms with Crippen molar-refractivity contribution in [3.05, 3.63) is 29.7 Å². The van der Waals surface area contributed by atoms with Gasteiger partial charge in [0.1, 0.15) is 0 Å². The molecule has 2 aliphatic heterocycles. The molecule has 28 heavy (non-hydrogen) atoms. The Morgan fingerprint density at radius 3 is 2.61 bits per heavy atom. The Labute approximate surface area is 163 Å². The van der Waals surface area contributed by atoms with Gasteiger partial charge in [-0.3, -0.25) is 14.1 Å². The van der Waals surface area contributed by atoms with E-state index in [2.05, 4.69) is 15.1 Å². The van der Waals surface area contributed by atoms with Gasteiger partial charge in [0, 0.05) is 38.9 Å². The topological polar surface area (TPSA) is 100 Å². The van der Waals surface area contributed by atoms with Gasteiger partial charge in [-0.15, -0.1) is 10.2 Å². The minimum Gasteiger partial charge on any atom is -0.378 e. The number of sulfonamides is 1. The number of morpholine rings is 1. The molecule has 0 aliphatic carbocycles. The van der Waals surface area contributed by atoms with Crippen LogP contribution in [0.2, 0.25) is 0 Å². The van der Waals surface area contributed by atoms with Gasteiger partial charge in [0.2, 0.25) is 10.0 Å². The maximum atomic E-state index is 12.8. The number of piperazine rings is 1. The van der Waals surface area contributed by atoms with Crippen LogP contribution in [0.3, 0.4) is 0 Å². The average molecular weight is 408 g/mol. The number of hydrogen-bond donors (Lipinski definition) is 0. The summed E-state index contributed by atoms with van der Waals surface area (Å²) in [5.74, 6) is 0.571. The van der Waals surface area contributed by atoms with Crippen LogP contribution in [-0.4, -0.2) is 102 Å². The first kappa shape index (κ1) is 19.2. The molecule has 0 N–H and O–H groups in total. The molecule has 0 bridgehead atoms. The number of hydrogen-bond acceptors (Lipinski definition) is 7. The summed E-state index contributed by atoms with van der Waals surface area (Å²) < 4.78 is 32.6. The fourth-order valence-corrected chi connectivity index (χ4v) is 4.47. The Kier molecular flexibility index (Phi) is 5.08. The van der Waals surface area contributed by atoms with Crippen LogP contribution >= 0.6 is 0 Å². The highest BCUT2D eigenvalue weighted by molar-refractivity contribution is 7.88. The molecular formula is C17H24N6O4S. The second kappa shape index (κ2) is 7.39. The molecule has 2 fully saturated rings. The van der Waals surface area contributed by atoms with Crippen LogP contribution in [0.1, 0.15) is 22.2 Å². The van der Waals surface area contributed by atoms with Gasteiger partial charge in [0.05, 0.1) is 31.1 Å². The normalized spacial score (nSPS) is 22.6. The summed E-state index contributed by atoms with van der Waals surface area (Å²) in [5, 5.41) is 8.51. The third-order valence-corrected chi connectivity index (χ3v) is 6.62. The molecule has 4 rings (SSSR count). The van der Waals surface area contributed by atoms with Crippen molar-refractivity contribution in [1.82, 2.24) is 28.7 Å². The van der Waals surface area contributed by atoms with E-state index in [4.69, 9.17) is 4.74 Å². The van der Waals surface area contributed by atoms with Gasteiger partial charge in [-0.1, -0.05) is 0 Å². The standard InChI is InChI=1S/C17H24N6O4S/c1-20-5-6-22(28(2,25)26)12-14(20)16-19-18-15-4-3-13(11-23(15)16)17(24)21-7-9-27-10-8-21/h3-4,11,14H,5-10,12H2,1-2H3. The summed E-state index contributed by atoms with van der Waals surface area (Å²) in [6.45, 7) is 3.57. The fourth-order valence-electron chi connectivity index (χ4n) is 3.64. The lowest BCUT2D eigenvalue weighted by molar-refractivity contribution is 0.0302. The smallest absolute Gasteiger partial charge is 0.255 e. The summed E-state index contributed by atoms with van der Waals surface area (Å²) in [7, 11) is -1.35. The van der Waals surface area contributed by atoms with Crippen molar-refractivity contribution in [2.75, 3.05) is 59.2 Å². The summed E-state index contributed by atoms with van der Waals surface area (Å²) in [5.41, 5.74) is 1.17. The first-order valence-electron chi connectivity index (χ1n) is 9.21. The van der Waals surface area contributed by atoms with Crippen LogP contribution < -0.4 is 0 Å². The van der Waals surface area contributed by atoms with Crippen molar-refractivity contribution in [2.24, 2.45) is 0 Å². The predicted octanol–water partition coefficient (Wildman–Crippen LogP) is -0.550. The number of rotatable bonds is 3. The molecular weight excluding hydrogens is 384 g/mol. The number of likely N-dealkylation sites (N-methyl/N-ethyl adjacent to an activating group) is 1. The quantitative estimate of drug-likeness (QED) is 0.672. The molecule has 152 valence electrons. The number of fused-ring (bicyclic) bond motifs is 1. The minimum absolute atomic E-state index is 0.0559. The zero-order valence-electron chi connectivity index (χ0n) is 16.0. The third kappa shape index (κ3) is 3.62. The second-order valence-corrected chi connectivity index (χ2v) is 9.21. The monoisotopic (exact) mass is 408 g/mol. The van der Waals surface area contributed by atoms with Crippen LogP contribution in [0.15, 0.2) is 18.3 Å². The molecule has 1 amide bonds. The second-order valence-electron chi connectivity index (χ2n) is 7.23. The van der Waals surface area contributed by atoms with E-state index in [0.717, 1.165) is 0 Å². The average Bonchev–Trinajstić information content (AvgIpc) is 3.10. The molecule has 2 saturated heterocycles. The highest BCUT2D eigenvalue weighted by Crippen LogP contribution is 2.25. The lowest BCUT2D eigenvalue weighted by Crippen LogP contribution is -2.49. The molecule has 2 aromatic heterocycles. The molecule has 11 heteroatoms. The lowest BCUT2D eigenvalue weighted by atomic mass is 10.2. The molecule has 4 heterocycles.